The van der Waals surface area contributed by atoms with E-state index in [1.807, 2.05) is 6.34 Å². The fourth-order valence-electron chi connectivity index (χ4n) is 2.09. The van der Waals surface area contributed by atoms with Crippen LogP contribution in [0.5, 0.6) is 0 Å². The first-order valence-electron chi connectivity index (χ1n) is 6.95. The summed E-state index contributed by atoms with van der Waals surface area (Å²) in [4.78, 5) is 0. The molecular weight excluding hydrogens is 336 g/mol. The molecule has 0 spiro atoms. The Kier molecular flexibility index (Phi) is 9.76. The van der Waals surface area contributed by atoms with E-state index in [0.29, 0.717) is 0 Å². The molecule has 0 aromatic rings. The zero-order chi connectivity index (χ0) is 17.2. The van der Waals surface area contributed by atoms with Gasteiger partial charge in [0.05, 0.1) is 12.3 Å². The Bertz CT molecular complexity index is 535. The van der Waals surface area contributed by atoms with Crippen molar-refractivity contribution >= 4 is 26.9 Å². The Morgan fingerprint density at radius 3 is 2.27 bits per heavy atom. The summed E-state index contributed by atoms with van der Waals surface area (Å²) in [6.07, 6.45) is 5.71. The standard InChI is InChI=1S/C11H22N2O3S.H2O4S/c1-2-3-4-11(9-17(14,15)16)5-7-13-8-6-12-10-13;1-5(2,3)4/h10-11H,2-9H2,1H3,(H,14,15,16);(H2,1,2,3,4). The molecule has 0 aromatic heterocycles. The summed E-state index contributed by atoms with van der Waals surface area (Å²) in [5.74, 6) is -0.0344. The molecule has 22 heavy (non-hydrogen) atoms. The van der Waals surface area contributed by atoms with Crippen LogP contribution in [0.2, 0.25) is 0 Å². The smallest absolute Gasteiger partial charge is 0.265 e. The monoisotopic (exact) mass is 360 g/mol. The molecule has 0 saturated carbocycles. The average Bonchev–Trinajstić information content (AvgIpc) is 2.82. The Balaban J connectivity index is 0.000000763. The largest absolute Gasteiger partial charge is 0.726 e. The maximum Gasteiger partial charge on any atom is 0.265 e. The topological polar surface area (TPSA) is 147 Å². The zero-order valence-electron chi connectivity index (χ0n) is 12.5. The second-order valence-corrected chi connectivity index (χ2v) is 7.45. The third-order valence-electron chi connectivity index (χ3n) is 3.05. The van der Waals surface area contributed by atoms with Gasteiger partial charge in [-0.25, -0.2) is 8.42 Å². The SMILES string of the molecule is CCCCC(CC[N+]1=CNCC1)CS(=O)(=O)O.O=S(=O)([O-])O. The molecule has 1 atom stereocenters. The van der Waals surface area contributed by atoms with Crippen molar-refractivity contribution in [3.05, 3.63) is 0 Å². The van der Waals surface area contributed by atoms with Crippen LogP contribution in [-0.2, 0) is 20.5 Å². The molecule has 0 radical (unpaired) electrons. The van der Waals surface area contributed by atoms with Crippen LogP contribution in [0.1, 0.15) is 32.6 Å². The molecule has 1 aliphatic heterocycles. The summed E-state index contributed by atoms with van der Waals surface area (Å²) in [6.45, 7) is 4.88. The van der Waals surface area contributed by atoms with Crippen molar-refractivity contribution in [3.8, 4) is 0 Å². The third kappa shape index (κ3) is 15.6. The lowest BCUT2D eigenvalue weighted by Gasteiger charge is -2.14. The Hall–Kier alpha value is -0.750. The molecule has 1 unspecified atom stereocenters. The lowest BCUT2D eigenvalue weighted by molar-refractivity contribution is -0.515. The van der Waals surface area contributed by atoms with Crippen molar-refractivity contribution in [2.45, 2.75) is 32.6 Å². The van der Waals surface area contributed by atoms with E-state index in [4.69, 9.17) is 22.1 Å². The molecule has 0 saturated heterocycles. The number of nitrogens with zero attached hydrogens (tertiary/aromatic N) is 1. The molecule has 0 amide bonds. The Morgan fingerprint density at radius 2 is 1.86 bits per heavy atom. The van der Waals surface area contributed by atoms with Gasteiger partial charge in [-0.05, 0) is 18.8 Å². The van der Waals surface area contributed by atoms with Gasteiger partial charge in [-0.1, -0.05) is 19.8 Å². The van der Waals surface area contributed by atoms with Crippen LogP contribution < -0.4 is 5.32 Å². The first-order chi connectivity index (χ1) is 10.0. The van der Waals surface area contributed by atoms with Crippen LogP contribution in [0.3, 0.4) is 0 Å². The predicted octanol–water partition coefficient (Wildman–Crippen LogP) is -0.281. The van der Waals surface area contributed by atoms with Gasteiger partial charge in [0.25, 0.3) is 10.1 Å². The van der Waals surface area contributed by atoms with Gasteiger partial charge in [0.2, 0.25) is 16.7 Å². The van der Waals surface area contributed by atoms with Crippen molar-refractivity contribution in [1.82, 2.24) is 5.32 Å². The van der Waals surface area contributed by atoms with Crippen molar-refractivity contribution in [2.75, 3.05) is 25.4 Å². The van der Waals surface area contributed by atoms with E-state index in [1.54, 1.807) is 0 Å². The molecule has 0 aliphatic carbocycles. The summed E-state index contributed by atoms with van der Waals surface area (Å²) < 4.78 is 65.8. The summed E-state index contributed by atoms with van der Waals surface area (Å²) in [7, 11) is -8.76. The minimum absolute atomic E-state index is 0.0685. The molecule has 1 rings (SSSR count). The number of rotatable bonds is 8. The van der Waals surface area contributed by atoms with Crippen LogP contribution in [0, 0.1) is 5.92 Å². The van der Waals surface area contributed by atoms with Crippen molar-refractivity contribution in [2.24, 2.45) is 5.92 Å². The molecule has 0 fully saturated rings. The van der Waals surface area contributed by atoms with E-state index in [2.05, 4.69) is 16.8 Å². The van der Waals surface area contributed by atoms with Crippen LogP contribution in [-0.4, -0.2) is 66.8 Å². The van der Waals surface area contributed by atoms with E-state index < -0.39 is 20.5 Å². The van der Waals surface area contributed by atoms with E-state index in [0.717, 1.165) is 45.3 Å². The van der Waals surface area contributed by atoms with Crippen LogP contribution >= 0.6 is 0 Å². The first kappa shape index (κ1) is 21.2. The first-order valence-corrected chi connectivity index (χ1v) is 9.93. The molecule has 0 aromatic carbocycles. The maximum absolute atomic E-state index is 10.9. The summed E-state index contributed by atoms with van der Waals surface area (Å²) in [6, 6.07) is 0. The maximum atomic E-state index is 10.9. The van der Waals surface area contributed by atoms with Crippen molar-refractivity contribution in [3.63, 3.8) is 0 Å². The zero-order valence-corrected chi connectivity index (χ0v) is 14.1. The van der Waals surface area contributed by atoms with E-state index >= 15 is 0 Å². The molecule has 132 valence electrons. The van der Waals surface area contributed by atoms with Gasteiger partial charge in [0, 0.05) is 0 Å². The quantitative estimate of drug-likeness (QED) is 0.304. The van der Waals surface area contributed by atoms with E-state index in [-0.39, 0.29) is 11.7 Å². The fourth-order valence-corrected chi connectivity index (χ4v) is 3.02. The van der Waals surface area contributed by atoms with Gasteiger partial charge >= 0.3 is 0 Å². The molecule has 9 nitrogen and oxygen atoms in total. The number of hydrogen-bond acceptors (Lipinski definition) is 6. The number of nitrogens with one attached hydrogen (secondary N) is 1. The van der Waals surface area contributed by atoms with Crippen LogP contribution in [0.25, 0.3) is 0 Å². The van der Waals surface area contributed by atoms with Gasteiger partial charge in [0.1, 0.15) is 13.1 Å². The molecule has 11 heteroatoms. The second kappa shape index (κ2) is 10.1. The predicted molar refractivity (Wildman–Crippen MR) is 80.4 cm³/mol. The third-order valence-corrected chi connectivity index (χ3v) is 3.95. The Morgan fingerprint density at radius 1 is 1.27 bits per heavy atom. The second-order valence-electron chi connectivity index (χ2n) is 5.09. The molecule has 0 bridgehead atoms. The van der Waals surface area contributed by atoms with Crippen molar-refractivity contribution in [1.29, 1.82) is 0 Å². The highest BCUT2D eigenvalue weighted by atomic mass is 32.3. The van der Waals surface area contributed by atoms with Gasteiger partial charge in [-0.15, -0.1) is 0 Å². The number of unbranched alkanes of at least 4 members (excludes halogenated alkanes) is 1. The van der Waals surface area contributed by atoms with Gasteiger partial charge in [-0.3, -0.25) is 19.0 Å². The minimum Gasteiger partial charge on any atom is -0.726 e. The summed E-state index contributed by atoms with van der Waals surface area (Å²) in [5, 5.41) is 3.12. The fraction of sp³-hybridized carbons (Fsp3) is 0.909. The van der Waals surface area contributed by atoms with Crippen molar-refractivity contribution < 1.29 is 35.1 Å². The summed E-state index contributed by atoms with van der Waals surface area (Å²) in [5.41, 5.74) is 0. The van der Waals surface area contributed by atoms with Gasteiger partial charge in [-0.2, -0.15) is 8.42 Å². The lowest BCUT2D eigenvalue weighted by Crippen LogP contribution is -2.21. The van der Waals surface area contributed by atoms with Gasteiger partial charge in [0.15, 0.2) is 0 Å². The normalized spacial score (nSPS) is 16.3. The minimum atomic E-state index is -4.92. The van der Waals surface area contributed by atoms with Crippen LogP contribution in [0.15, 0.2) is 0 Å². The Labute approximate surface area is 131 Å². The average molecular weight is 360 g/mol. The highest BCUT2D eigenvalue weighted by Crippen LogP contribution is 2.15. The number of hydrogen-bond donors (Lipinski definition) is 3. The molecule has 1 aliphatic rings. The van der Waals surface area contributed by atoms with Crippen LogP contribution in [0.4, 0.5) is 0 Å². The molecule has 3 N–H and O–H groups in total. The summed E-state index contributed by atoms with van der Waals surface area (Å²) >= 11 is 0. The molecule has 1 heterocycles. The van der Waals surface area contributed by atoms with E-state index in [9.17, 15) is 8.42 Å². The molecular formula is C11H24N2O7S2. The lowest BCUT2D eigenvalue weighted by atomic mass is 10.0. The van der Waals surface area contributed by atoms with E-state index in [1.165, 1.54) is 0 Å². The van der Waals surface area contributed by atoms with Gasteiger partial charge < -0.3 is 4.55 Å². The highest BCUT2D eigenvalue weighted by Gasteiger charge is 2.18. The highest BCUT2D eigenvalue weighted by molar-refractivity contribution is 7.85.